The SMILES string of the molecule is Fc1ncccc1C(F)(F)F.Nc1ccc(F)cc1N. The molecule has 20 heavy (non-hydrogen) atoms. The van der Waals surface area contributed by atoms with Crippen molar-refractivity contribution < 1.29 is 22.0 Å². The van der Waals surface area contributed by atoms with E-state index in [-0.39, 0.29) is 11.5 Å². The molecule has 8 heteroatoms. The second kappa shape index (κ2) is 6.18. The number of alkyl halides is 3. The summed E-state index contributed by atoms with van der Waals surface area (Å²) in [5, 5.41) is 0. The van der Waals surface area contributed by atoms with Crippen molar-refractivity contribution in [2.75, 3.05) is 11.5 Å². The first-order valence-corrected chi connectivity index (χ1v) is 5.20. The molecular formula is C12H10F5N3. The third-order valence-corrected chi connectivity index (χ3v) is 2.11. The van der Waals surface area contributed by atoms with E-state index in [1.54, 1.807) is 0 Å². The lowest BCUT2D eigenvalue weighted by molar-refractivity contribution is -0.140. The molecule has 1 heterocycles. The Bertz CT molecular complexity index is 584. The van der Waals surface area contributed by atoms with Crippen LogP contribution in [0.25, 0.3) is 0 Å². The van der Waals surface area contributed by atoms with Crippen molar-refractivity contribution in [2.24, 2.45) is 0 Å². The van der Waals surface area contributed by atoms with Crippen LogP contribution in [-0.4, -0.2) is 4.98 Å². The molecule has 0 aliphatic heterocycles. The van der Waals surface area contributed by atoms with Crippen molar-refractivity contribution in [2.45, 2.75) is 6.18 Å². The van der Waals surface area contributed by atoms with Gasteiger partial charge in [0.15, 0.2) is 0 Å². The summed E-state index contributed by atoms with van der Waals surface area (Å²) >= 11 is 0. The summed E-state index contributed by atoms with van der Waals surface area (Å²) in [5.74, 6) is -1.85. The number of aromatic nitrogens is 1. The lowest BCUT2D eigenvalue weighted by Crippen LogP contribution is -2.08. The Hall–Kier alpha value is -2.38. The normalized spacial score (nSPS) is 10.7. The molecule has 0 fully saturated rings. The first kappa shape index (κ1) is 15.7. The van der Waals surface area contributed by atoms with Gasteiger partial charge in [-0.3, -0.25) is 0 Å². The van der Waals surface area contributed by atoms with Crippen LogP contribution in [0.3, 0.4) is 0 Å². The summed E-state index contributed by atoms with van der Waals surface area (Å²) < 4.78 is 59.8. The van der Waals surface area contributed by atoms with Crippen LogP contribution in [0.15, 0.2) is 36.5 Å². The third-order valence-electron chi connectivity index (χ3n) is 2.11. The van der Waals surface area contributed by atoms with Gasteiger partial charge in [0.05, 0.1) is 11.4 Å². The maximum atomic E-state index is 12.3. The highest BCUT2D eigenvalue weighted by atomic mass is 19.4. The fourth-order valence-electron chi connectivity index (χ4n) is 1.14. The summed E-state index contributed by atoms with van der Waals surface area (Å²) in [6.07, 6.45) is -3.69. The standard InChI is InChI=1S/C6H3F4N.C6H7FN2/c7-5-4(6(8,9)10)2-1-3-11-5;7-4-1-2-5(8)6(9)3-4/h1-3H;1-3H,8-9H2. The van der Waals surface area contributed by atoms with Crippen LogP contribution in [0.2, 0.25) is 0 Å². The number of pyridine rings is 1. The van der Waals surface area contributed by atoms with Gasteiger partial charge >= 0.3 is 6.18 Å². The first-order valence-electron chi connectivity index (χ1n) is 5.20. The van der Waals surface area contributed by atoms with E-state index in [0.717, 1.165) is 12.3 Å². The Balaban J connectivity index is 0.000000204. The molecule has 1 aromatic carbocycles. The molecule has 0 spiro atoms. The molecule has 2 rings (SSSR count). The Kier molecular flexibility index (Phi) is 4.84. The lowest BCUT2D eigenvalue weighted by atomic mass is 10.3. The van der Waals surface area contributed by atoms with Gasteiger partial charge in [0, 0.05) is 6.20 Å². The third kappa shape index (κ3) is 4.38. The van der Waals surface area contributed by atoms with Crippen molar-refractivity contribution in [1.82, 2.24) is 4.98 Å². The number of nitrogens with zero attached hydrogens (tertiary/aromatic N) is 1. The van der Waals surface area contributed by atoms with Crippen molar-refractivity contribution in [3.05, 3.63) is 53.9 Å². The van der Waals surface area contributed by atoms with Crippen LogP contribution in [0.4, 0.5) is 33.3 Å². The van der Waals surface area contributed by atoms with Gasteiger partial charge in [-0.15, -0.1) is 0 Å². The van der Waals surface area contributed by atoms with Gasteiger partial charge in [-0.1, -0.05) is 0 Å². The number of rotatable bonds is 0. The average Bonchev–Trinajstić information content (AvgIpc) is 2.34. The first-order chi connectivity index (χ1) is 9.21. The molecule has 0 aliphatic rings. The Morgan fingerprint density at radius 1 is 0.950 bits per heavy atom. The minimum atomic E-state index is -4.65. The zero-order chi connectivity index (χ0) is 15.3. The van der Waals surface area contributed by atoms with Gasteiger partial charge in [-0.25, -0.2) is 9.37 Å². The maximum Gasteiger partial charge on any atom is 0.420 e. The van der Waals surface area contributed by atoms with Crippen LogP contribution < -0.4 is 11.5 Å². The van der Waals surface area contributed by atoms with Gasteiger partial charge in [-0.2, -0.15) is 17.6 Å². The van der Waals surface area contributed by atoms with Crippen molar-refractivity contribution >= 4 is 11.4 Å². The second-order valence-electron chi connectivity index (χ2n) is 3.61. The molecule has 0 unspecified atom stereocenters. The van der Waals surface area contributed by atoms with Crippen LogP contribution in [0, 0.1) is 11.8 Å². The number of hydrogen-bond donors (Lipinski definition) is 2. The topological polar surface area (TPSA) is 64.9 Å². The van der Waals surface area contributed by atoms with E-state index in [4.69, 9.17) is 11.5 Å². The van der Waals surface area contributed by atoms with Gasteiger partial charge in [0.1, 0.15) is 11.4 Å². The van der Waals surface area contributed by atoms with E-state index in [1.165, 1.54) is 18.2 Å². The smallest absolute Gasteiger partial charge is 0.397 e. The summed E-state index contributed by atoms with van der Waals surface area (Å²) in [6.45, 7) is 0. The monoisotopic (exact) mass is 291 g/mol. The second-order valence-corrected chi connectivity index (χ2v) is 3.61. The molecule has 0 amide bonds. The molecule has 4 N–H and O–H groups in total. The molecule has 1 aromatic heterocycles. The number of anilines is 2. The van der Waals surface area contributed by atoms with Gasteiger partial charge < -0.3 is 11.5 Å². The summed E-state index contributed by atoms with van der Waals surface area (Å²) in [5.41, 5.74) is 9.92. The molecule has 0 aliphatic carbocycles. The molecule has 0 saturated carbocycles. The van der Waals surface area contributed by atoms with E-state index in [2.05, 4.69) is 4.98 Å². The zero-order valence-corrected chi connectivity index (χ0v) is 9.96. The summed E-state index contributed by atoms with van der Waals surface area (Å²) in [7, 11) is 0. The summed E-state index contributed by atoms with van der Waals surface area (Å²) in [6, 6.07) is 5.57. The highest BCUT2D eigenvalue weighted by Crippen LogP contribution is 2.29. The van der Waals surface area contributed by atoms with Crippen LogP contribution in [0.5, 0.6) is 0 Å². The van der Waals surface area contributed by atoms with E-state index in [9.17, 15) is 22.0 Å². The van der Waals surface area contributed by atoms with Crippen LogP contribution >= 0.6 is 0 Å². The van der Waals surface area contributed by atoms with Crippen LogP contribution in [-0.2, 0) is 6.18 Å². The Labute approximate surface area is 111 Å². The number of nitrogens with two attached hydrogens (primary N) is 2. The predicted octanol–water partition coefficient (Wildman–Crippen LogP) is 3.23. The number of benzene rings is 1. The number of nitrogen functional groups attached to an aromatic ring is 2. The zero-order valence-electron chi connectivity index (χ0n) is 9.96. The molecule has 3 nitrogen and oxygen atoms in total. The van der Waals surface area contributed by atoms with Crippen LogP contribution in [0.1, 0.15) is 5.56 Å². The quantitative estimate of drug-likeness (QED) is 0.445. The largest absolute Gasteiger partial charge is 0.420 e. The van der Waals surface area contributed by atoms with Crippen molar-refractivity contribution in [3.63, 3.8) is 0 Å². The molecule has 108 valence electrons. The molecule has 2 aromatic rings. The fourth-order valence-corrected chi connectivity index (χ4v) is 1.14. The Morgan fingerprint density at radius 2 is 1.60 bits per heavy atom. The van der Waals surface area contributed by atoms with E-state index in [1.807, 2.05) is 0 Å². The highest BCUT2D eigenvalue weighted by molar-refractivity contribution is 5.62. The van der Waals surface area contributed by atoms with Crippen molar-refractivity contribution in [1.29, 1.82) is 0 Å². The predicted molar refractivity (Wildman–Crippen MR) is 64.4 cm³/mol. The minimum Gasteiger partial charge on any atom is -0.397 e. The lowest BCUT2D eigenvalue weighted by Gasteiger charge is -2.04. The highest BCUT2D eigenvalue weighted by Gasteiger charge is 2.34. The van der Waals surface area contributed by atoms with E-state index < -0.39 is 17.7 Å². The maximum absolute atomic E-state index is 12.3. The van der Waals surface area contributed by atoms with Crippen molar-refractivity contribution in [3.8, 4) is 0 Å². The van der Waals surface area contributed by atoms with Gasteiger partial charge in [-0.05, 0) is 30.3 Å². The number of hydrogen-bond acceptors (Lipinski definition) is 3. The average molecular weight is 291 g/mol. The molecular weight excluding hydrogens is 281 g/mol. The molecule has 0 atom stereocenters. The molecule has 0 bridgehead atoms. The van der Waals surface area contributed by atoms with E-state index in [0.29, 0.717) is 11.8 Å². The summed E-state index contributed by atoms with van der Waals surface area (Å²) in [4.78, 5) is 2.86. The Morgan fingerprint density at radius 3 is 2.00 bits per heavy atom. The van der Waals surface area contributed by atoms with Gasteiger partial charge in [0.25, 0.3) is 0 Å². The van der Waals surface area contributed by atoms with E-state index >= 15 is 0 Å². The van der Waals surface area contributed by atoms with Gasteiger partial charge in [0.2, 0.25) is 5.95 Å². The molecule has 0 saturated heterocycles. The minimum absolute atomic E-state index is 0.287. The number of halogens is 5. The fraction of sp³-hybridized carbons (Fsp3) is 0.0833. The molecule has 0 radical (unpaired) electrons.